The van der Waals surface area contributed by atoms with Gasteiger partial charge in [-0.3, -0.25) is 19.0 Å². The van der Waals surface area contributed by atoms with E-state index in [0.29, 0.717) is 17.4 Å². The standard InChI is InChI=1S/C23H23N3O5/c1-30-18-10-6-16(7-11-18)12-26(17-8-9-17)21(27)14-31-22(28)13-25-15-24-20-5-3-2-4-19(20)23(25)29/h2-7,10-11,15,17H,8-9,12-14H2,1H3. The van der Waals surface area contributed by atoms with Gasteiger partial charge in [0.15, 0.2) is 6.61 Å². The Balaban J connectivity index is 1.36. The molecule has 0 aliphatic heterocycles. The SMILES string of the molecule is COc1ccc(CN(C(=O)COC(=O)Cn2cnc3ccccc3c2=O)C2CC2)cc1. The first-order valence-electron chi connectivity index (χ1n) is 10.1. The number of benzene rings is 2. The molecule has 1 aliphatic carbocycles. The van der Waals surface area contributed by atoms with Crippen molar-refractivity contribution in [3.8, 4) is 5.75 Å². The lowest BCUT2D eigenvalue weighted by Gasteiger charge is -2.22. The fourth-order valence-electron chi connectivity index (χ4n) is 3.36. The Kier molecular flexibility index (Phi) is 5.97. The molecule has 160 valence electrons. The average Bonchev–Trinajstić information content (AvgIpc) is 3.63. The van der Waals surface area contributed by atoms with Crippen LogP contribution in [0.5, 0.6) is 5.75 Å². The Morgan fingerprint density at radius 1 is 1.13 bits per heavy atom. The highest BCUT2D eigenvalue weighted by Crippen LogP contribution is 2.28. The van der Waals surface area contributed by atoms with E-state index >= 15 is 0 Å². The van der Waals surface area contributed by atoms with Crippen molar-refractivity contribution in [2.45, 2.75) is 32.0 Å². The smallest absolute Gasteiger partial charge is 0.326 e. The van der Waals surface area contributed by atoms with Crippen molar-refractivity contribution in [3.05, 3.63) is 70.8 Å². The van der Waals surface area contributed by atoms with Gasteiger partial charge in [-0.25, -0.2) is 4.98 Å². The Labute approximate surface area is 179 Å². The maximum Gasteiger partial charge on any atom is 0.326 e. The van der Waals surface area contributed by atoms with Gasteiger partial charge < -0.3 is 14.4 Å². The Morgan fingerprint density at radius 2 is 1.87 bits per heavy atom. The van der Waals surface area contributed by atoms with Crippen LogP contribution in [-0.4, -0.2) is 46.1 Å². The highest BCUT2D eigenvalue weighted by Gasteiger charge is 2.33. The number of methoxy groups -OCH3 is 1. The van der Waals surface area contributed by atoms with Crippen LogP contribution >= 0.6 is 0 Å². The number of aromatic nitrogens is 2. The molecular weight excluding hydrogens is 398 g/mol. The summed E-state index contributed by atoms with van der Waals surface area (Å²) < 4.78 is 11.5. The van der Waals surface area contributed by atoms with Crippen LogP contribution in [0.1, 0.15) is 18.4 Å². The normalized spacial score (nSPS) is 13.1. The third-order valence-corrected chi connectivity index (χ3v) is 5.21. The molecule has 2 aromatic carbocycles. The number of amides is 1. The van der Waals surface area contributed by atoms with Gasteiger partial charge in [0.25, 0.3) is 11.5 Å². The molecule has 0 N–H and O–H groups in total. The van der Waals surface area contributed by atoms with Gasteiger partial charge in [-0.1, -0.05) is 24.3 Å². The molecule has 0 spiro atoms. The van der Waals surface area contributed by atoms with Gasteiger partial charge in [-0.05, 0) is 42.7 Å². The van der Waals surface area contributed by atoms with E-state index in [9.17, 15) is 14.4 Å². The fraction of sp³-hybridized carbons (Fsp3) is 0.304. The maximum absolute atomic E-state index is 12.7. The predicted octanol–water partition coefficient (Wildman–Crippen LogP) is 2.14. The number of carbonyl (C=O) groups is 2. The molecule has 1 fully saturated rings. The van der Waals surface area contributed by atoms with E-state index in [-0.39, 0.29) is 30.7 Å². The number of rotatable bonds is 8. The molecule has 1 amide bonds. The molecule has 8 heteroatoms. The summed E-state index contributed by atoms with van der Waals surface area (Å²) in [4.78, 5) is 43.3. The third-order valence-electron chi connectivity index (χ3n) is 5.21. The number of para-hydroxylation sites is 1. The van der Waals surface area contributed by atoms with Crippen LogP contribution in [0.15, 0.2) is 59.7 Å². The van der Waals surface area contributed by atoms with Crippen LogP contribution in [-0.2, 0) is 27.4 Å². The van der Waals surface area contributed by atoms with E-state index in [1.807, 2.05) is 24.3 Å². The van der Waals surface area contributed by atoms with Crippen molar-refractivity contribution in [1.82, 2.24) is 14.5 Å². The van der Waals surface area contributed by atoms with Crippen LogP contribution in [0.2, 0.25) is 0 Å². The minimum atomic E-state index is -0.660. The van der Waals surface area contributed by atoms with Gasteiger partial charge in [0.2, 0.25) is 0 Å². The Morgan fingerprint density at radius 3 is 2.58 bits per heavy atom. The van der Waals surface area contributed by atoms with E-state index in [2.05, 4.69) is 4.98 Å². The molecule has 1 aromatic heterocycles. The molecule has 1 heterocycles. The second-order valence-electron chi connectivity index (χ2n) is 7.46. The van der Waals surface area contributed by atoms with E-state index < -0.39 is 5.97 Å². The number of hydrogen-bond donors (Lipinski definition) is 0. The summed E-state index contributed by atoms with van der Waals surface area (Å²) >= 11 is 0. The lowest BCUT2D eigenvalue weighted by molar-refractivity contribution is -0.153. The zero-order chi connectivity index (χ0) is 21.8. The number of carbonyl (C=O) groups excluding carboxylic acids is 2. The predicted molar refractivity (Wildman–Crippen MR) is 114 cm³/mol. The summed E-state index contributed by atoms with van der Waals surface area (Å²) in [6.45, 7) is -0.216. The monoisotopic (exact) mass is 421 g/mol. The summed E-state index contributed by atoms with van der Waals surface area (Å²) in [6.07, 6.45) is 3.19. The van der Waals surface area contributed by atoms with Crippen molar-refractivity contribution >= 4 is 22.8 Å². The molecule has 31 heavy (non-hydrogen) atoms. The quantitative estimate of drug-likeness (QED) is 0.518. The van der Waals surface area contributed by atoms with Crippen molar-refractivity contribution in [3.63, 3.8) is 0 Å². The van der Waals surface area contributed by atoms with Crippen LogP contribution < -0.4 is 10.3 Å². The van der Waals surface area contributed by atoms with Crippen LogP contribution in [0.25, 0.3) is 10.9 Å². The molecule has 3 aromatic rings. The first-order chi connectivity index (χ1) is 15.0. The summed E-state index contributed by atoms with van der Waals surface area (Å²) in [5.41, 5.74) is 1.21. The molecule has 0 radical (unpaired) electrons. The van der Waals surface area contributed by atoms with E-state index in [0.717, 1.165) is 24.2 Å². The van der Waals surface area contributed by atoms with Gasteiger partial charge in [-0.2, -0.15) is 0 Å². The largest absolute Gasteiger partial charge is 0.497 e. The molecule has 0 bridgehead atoms. The van der Waals surface area contributed by atoms with Crippen LogP contribution in [0.4, 0.5) is 0 Å². The molecule has 4 rings (SSSR count). The Bertz CT molecular complexity index is 1150. The number of hydrogen-bond acceptors (Lipinski definition) is 6. The molecule has 1 aliphatic rings. The second-order valence-corrected chi connectivity index (χ2v) is 7.46. The number of esters is 1. The molecule has 1 saturated carbocycles. The van der Waals surface area contributed by atoms with Gasteiger partial charge in [0.05, 0.1) is 24.3 Å². The number of nitrogens with zero attached hydrogens (tertiary/aromatic N) is 3. The number of ether oxygens (including phenoxy) is 2. The van der Waals surface area contributed by atoms with Gasteiger partial charge >= 0.3 is 5.97 Å². The first kappa shape index (κ1) is 20.6. The summed E-state index contributed by atoms with van der Waals surface area (Å²) in [6, 6.07) is 14.6. The first-order valence-corrected chi connectivity index (χ1v) is 10.1. The van der Waals surface area contributed by atoms with Crippen molar-refractivity contribution < 1.29 is 19.1 Å². The summed E-state index contributed by atoms with van der Waals surface area (Å²) in [5.74, 6) is -0.163. The molecular formula is C23H23N3O5. The highest BCUT2D eigenvalue weighted by atomic mass is 16.5. The van der Waals surface area contributed by atoms with Crippen molar-refractivity contribution in [2.75, 3.05) is 13.7 Å². The highest BCUT2D eigenvalue weighted by molar-refractivity contribution is 5.81. The van der Waals surface area contributed by atoms with Gasteiger partial charge in [0.1, 0.15) is 12.3 Å². The number of fused-ring (bicyclic) bond motifs is 1. The van der Waals surface area contributed by atoms with Gasteiger partial charge in [0, 0.05) is 12.6 Å². The molecule has 8 nitrogen and oxygen atoms in total. The maximum atomic E-state index is 12.7. The lowest BCUT2D eigenvalue weighted by atomic mass is 10.2. The van der Waals surface area contributed by atoms with Crippen molar-refractivity contribution in [1.29, 1.82) is 0 Å². The van der Waals surface area contributed by atoms with E-state index in [1.165, 1.54) is 10.9 Å². The molecule has 0 saturated heterocycles. The minimum absolute atomic E-state index is 0.167. The van der Waals surface area contributed by atoms with Crippen LogP contribution in [0, 0.1) is 0 Å². The van der Waals surface area contributed by atoms with Crippen molar-refractivity contribution in [2.24, 2.45) is 0 Å². The Hall–Kier alpha value is -3.68. The fourth-order valence-corrected chi connectivity index (χ4v) is 3.36. The van der Waals surface area contributed by atoms with Gasteiger partial charge in [-0.15, -0.1) is 0 Å². The van der Waals surface area contributed by atoms with E-state index in [1.54, 1.807) is 36.3 Å². The second kappa shape index (κ2) is 8.99. The topological polar surface area (TPSA) is 90.7 Å². The minimum Gasteiger partial charge on any atom is -0.497 e. The zero-order valence-corrected chi connectivity index (χ0v) is 17.2. The average molecular weight is 421 g/mol. The zero-order valence-electron chi connectivity index (χ0n) is 17.2. The summed E-state index contributed by atoms with van der Waals surface area (Å²) in [5, 5.41) is 0.424. The van der Waals surface area contributed by atoms with Crippen LogP contribution in [0.3, 0.4) is 0 Å². The van der Waals surface area contributed by atoms with E-state index in [4.69, 9.17) is 9.47 Å². The summed E-state index contributed by atoms with van der Waals surface area (Å²) in [7, 11) is 1.60. The molecule has 0 unspecified atom stereocenters. The molecule has 0 atom stereocenters. The third kappa shape index (κ3) is 4.91. The lowest BCUT2D eigenvalue weighted by Crippen LogP contribution is -2.36.